The van der Waals surface area contributed by atoms with E-state index in [1.807, 2.05) is 18.7 Å². The standard InChI is InChI=1S/C16H23Cl2N3O2/c1-3-10(4-2)16(23)21-7-5-11(6-8-21)19-15(22)13-9-12(17)14(18)20-13/h9-11,20H,3-8H2,1-2H3,(H,19,22). The van der Waals surface area contributed by atoms with E-state index >= 15 is 0 Å². The minimum absolute atomic E-state index is 0.0640. The van der Waals surface area contributed by atoms with Gasteiger partial charge in [-0.05, 0) is 31.7 Å². The molecule has 0 aromatic carbocycles. The van der Waals surface area contributed by atoms with Crippen molar-refractivity contribution in [3.63, 3.8) is 0 Å². The van der Waals surface area contributed by atoms with E-state index in [9.17, 15) is 9.59 Å². The monoisotopic (exact) mass is 359 g/mol. The molecule has 0 atom stereocenters. The van der Waals surface area contributed by atoms with Gasteiger partial charge in [0.05, 0.1) is 5.02 Å². The van der Waals surface area contributed by atoms with E-state index in [2.05, 4.69) is 10.3 Å². The molecule has 1 saturated heterocycles. The summed E-state index contributed by atoms with van der Waals surface area (Å²) in [6.45, 7) is 5.47. The zero-order valence-corrected chi connectivity index (χ0v) is 15.0. The van der Waals surface area contributed by atoms with Crippen molar-refractivity contribution in [2.45, 2.75) is 45.6 Å². The van der Waals surface area contributed by atoms with Crippen molar-refractivity contribution in [1.29, 1.82) is 0 Å². The number of carbonyl (C=O) groups is 2. The fourth-order valence-electron chi connectivity index (χ4n) is 2.93. The Balaban J connectivity index is 1.85. The van der Waals surface area contributed by atoms with Crippen LogP contribution >= 0.6 is 23.2 Å². The second-order valence-corrected chi connectivity index (χ2v) is 6.72. The number of rotatable bonds is 5. The van der Waals surface area contributed by atoms with E-state index < -0.39 is 0 Å². The Morgan fingerprint density at radius 2 is 1.91 bits per heavy atom. The number of hydrogen-bond donors (Lipinski definition) is 2. The first kappa shape index (κ1) is 18.1. The number of piperidine rings is 1. The van der Waals surface area contributed by atoms with Crippen LogP contribution in [0.5, 0.6) is 0 Å². The molecule has 1 fully saturated rings. The largest absolute Gasteiger partial charge is 0.348 e. The molecule has 2 amide bonds. The third-order valence-corrected chi connectivity index (χ3v) is 5.14. The summed E-state index contributed by atoms with van der Waals surface area (Å²) in [5.41, 5.74) is 0.357. The molecule has 2 N–H and O–H groups in total. The molecule has 0 aliphatic carbocycles. The fourth-order valence-corrected chi connectivity index (χ4v) is 3.24. The molecule has 2 heterocycles. The lowest BCUT2D eigenvalue weighted by Gasteiger charge is -2.34. The van der Waals surface area contributed by atoms with Crippen molar-refractivity contribution >= 4 is 35.0 Å². The molecule has 1 aromatic rings. The summed E-state index contributed by atoms with van der Waals surface area (Å²) in [4.78, 5) is 29.2. The topological polar surface area (TPSA) is 65.2 Å². The highest BCUT2D eigenvalue weighted by atomic mass is 35.5. The van der Waals surface area contributed by atoms with E-state index in [0.717, 1.165) is 25.7 Å². The third-order valence-electron chi connectivity index (χ3n) is 4.45. The van der Waals surface area contributed by atoms with Gasteiger partial charge in [0.2, 0.25) is 5.91 Å². The lowest BCUT2D eigenvalue weighted by molar-refractivity contribution is -0.136. The average molecular weight is 360 g/mol. The summed E-state index contributed by atoms with van der Waals surface area (Å²) in [5, 5.41) is 3.57. The van der Waals surface area contributed by atoms with E-state index in [0.29, 0.717) is 23.8 Å². The second kappa shape index (κ2) is 8.06. The number of carbonyl (C=O) groups excluding carboxylic acids is 2. The van der Waals surface area contributed by atoms with Crippen LogP contribution in [0.2, 0.25) is 10.2 Å². The summed E-state index contributed by atoms with van der Waals surface area (Å²) in [6.07, 6.45) is 3.28. The van der Waals surface area contributed by atoms with Gasteiger partial charge in [-0.25, -0.2) is 0 Å². The smallest absolute Gasteiger partial charge is 0.268 e. The number of nitrogens with one attached hydrogen (secondary N) is 2. The molecule has 2 rings (SSSR count). The number of aromatic amines is 1. The van der Waals surface area contributed by atoms with Gasteiger partial charge in [-0.1, -0.05) is 37.0 Å². The summed E-state index contributed by atoms with van der Waals surface area (Å²) in [7, 11) is 0. The third kappa shape index (κ3) is 4.42. The molecule has 1 aliphatic rings. The van der Waals surface area contributed by atoms with E-state index in [1.54, 1.807) is 0 Å². The highest BCUT2D eigenvalue weighted by molar-refractivity contribution is 6.41. The van der Waals surface area contributed by atoms with Crippen LogP contribution in [-0.2, 0) is 4.79 Å². The Morgan fingerprint density at radius 1 is 1.30 bits per heavy atom. The molecule has 128 valence electrons. The predicted molar refractivity (Wildman–Crippen MR) is 92.0 cm³/mol. The van der Waals surface area contributed by atoms with Gasteiger partial charge >= 0.3 is 0 Å². The Labute approximate surface area is 146 Å². The van der Waals surface area contributed by atoms with Gasteiger partial charge in [0.15, 0.2) is 0 Å². The molecule has 23 heavy (non-hydrogen) atoms. The van der Waals surface area contributed by atoms with Crippen molar-refractivity contribution in [2.75, 3.05) is 13.1 Å². The van der Waals surface area contributed by atoms with Crippen LogP contribution in [0.15, 0.2) is 6.07 Å². The lowest BCUT2D eigenvalue weighted by atomic mass is 9.98. The Kier molecular flexibility index (Phi) is 6.36. The Bertz CT molecular complexity index is 542. The first-order chi connectivity index (χ1) is 11.0. The lowest BCUT2D eigenvalue weighted by Crippen LogP contribution is -2.48. The number of aromatic nitrogens is 1. The highest BCUT2D eigenvalue weighted by Gasteiger charge is 2.27. The van der Waals surface area contributed by atoms with Gasteiger partial charge in [0.1, 0.15) is 10.8 Å². The highest BCUT2D eigenvalue weighted by Crippen LogP contribution is 2.22. The van der Waals surface area contributed by atoms with E-state index in [4.69, 9.17) is 23.2 Å². The molecule has 0 saturated carbocycles. The number of amides is 2. The number of hydrogen-bond acceptors (Lipinski definition) is 2. The van der Waals surface area contributed by atoms with Crippen LogP contribution in [0.3, 0.4) is 0 Å². The first-order valence-electron chi connectivity index (χ1n) is 8.09. The second-order valence-electron chi connectivity index (χ2n) is 5.93. The molecule has 0 spiro atoms. The molecule has 5 nitrogen and oxygen atoms in total. The summed E-state index contributed by atoms with van der Waals surface area (Å²) < 4.78 is 0. The molecule has 0 radical (unpaired) electrons. The molecule has 1 aliphatic heterocycles. The maximum absolute atomic E-state index is 12.4. The van der Waals surface area contributed by atoms with E-state index in [-0.39, 0.29) is 28.9 Å². The van der Waals surface area contributed by atoms with Gasteiger partial charge in [-0.15, -0.1) is 0 Å². The number of halogens is 2. The van der Waals surface area contributed by atoms with Crippen LogP contribution < -0.4 is 5.32 Å². The molecule has 1 aromatic heterocycles. The SMILES string of the molecule is CCC(CC)C(=O)N1CCC(NC(=O)c2cc(Cl)c(Cl)[nH]2)CC1. The quantitative estimate of drug-likeness (QED) is 0.844. The maximum atomic E-state index is 12.4. The van der Waals surface area contributed by atoms with Gasteiger partial charge in [0.25, 0.3) is 5.91 Å². The van der Waals surface area contributed by atoms with Crippen LogP contribution in [0.4, 0.5) is 0 Å². The average Bonchev–Trinajstić information content (AvgIpc) is 2.88. The van der Waals surface area contributed by atoms with Gasteiger partial charge in [-0.3, -0.25) is 9.59 Å². The van der Waals surface area contributed by atoms with Crippen LogP contribution in [0.25, 0.3) is 0 Å². The minimum Gasteiger partial charge on any atom is -0.348 e. The number of likely N-dealkylation sites (tertiary alicyclic amines) is 1. The van der Waals surface area contributed by atoms with Gasteiger partial charge in [0, 0.05) is 25.0 Å². The van der Waals surface area contributed by atoms with Crippen LogP contribution in [0.1, 0.15) is 50.0 Å². The van der Waals surface area contributed by atoms with Gasteiger partial charge < -0.3 is 15.2 Å². The molecule has 7 heteroatoms. The Hall–Kier alpha value is -1.20. The number of H-pyrrole nitrogens is 1. The molecule has 0 unspecified atom stereocenters. The first-order valence-corrected chi connectivity index (χ1v) is 8.85. The molecular weight excluding hydrogens is 337 g/mol. The van der Waals surface area contributed by atoms with Gasteiger partial charge in [-0.2, -0.15) is 0 Å². The van der Waals surface area contributed by atoms with Crippen molar-refractivity contribution in [2.24, 2.45) is 5.92 Å². The van der Waals surface area contributed by atoms with E-state index in [1.165, 1.54) is 6.07 Å². The van der Waals surface area contributed by atoms with Crippen LogP contribution in [0, 0.1) is 5.92 Å². The zero-order valence-electron chi connectivity index (χ0n) is 13.5. The number of nitrogens with zero attached hydrogens (tertiary/aromatic N) is 1. The van der Waals surface area contributed by atoms with Crippen molar-refractivity contribution in [3.8, 4) is 0 Å². The van der Waals surface area contributed by atoms with Crippen molar-refractivity contribution in [3.05, 3.63) is 21.9 Å². The van der Waals surface area contributed by atoms with Crippen molar-refractivity contribution in [1.82, 2.24) is 15.2 Å². The minimum atomic E-state index is -0.219. The van der Waals surface area contributed by atoms with Crippen LogP contribution in [-0.4, -0.2) is 40.8 Å². The van der Waals surface area contributed by atoms with Crippen molar-refractivity contribution < 1.29 is 9.59 Å². The molecule has 0 bridgehead atoms. The summed E-state index contributed by atoms with van der Waals surface area (Å²) >= 11 is 11.7. The normalized spacial score (nSPS) is 16.0. The maximum Gasteiger partial charge on any atom is 0.268 e. The predicted octanol–water partition coefficient (Wildman–Crippen LogP) is 3.48. The molecular formula is C16H23Cl2N3O2. The summed E-state index contributed by atoms with van der Waals surface area (Å²) in [6, 6.07) is 1.58. The Morgan fingerprint density at radius 3 is 2.39 bits per heavy atom. The summed E-state index contributed by atoms with van der Waals surface area (Å²) in [5.74, 6) is 0.135. The fraction of sp³-hybridized carbons (Fsp3) is 0.625. The zero-order chi connectivity index (χ0) is 17.0.